The molecule has 0 radical (unpaired) electrons. The predicted octanol–water partition coefficient (Wildman–Crippen LogP) is 3.55. The molecule has 0 aromatic carbocycles. The van der Waals surface area contributed by atoms with Crippen molar-refractivity contribution in [2.75, 3.05) is 6.54 Å². The highest BCUT2D eigenvalue weighted by Gasteiger charge is 2.33. The Bertz CT molecular complexity index is 597. The zero-order valence-corrected chi connectivity index (χ0v) is 13.2. The minimum Gasteiger partial charge on any atom is -0.469 e. The lowest BCUT2D eigenvalue weighted by Crippen LogP contribution is -2.33. The standard InChI is InChI=1S/C17H25N3O/c1-12-13(11-19-20-12)5-4-7-18-15-9-17(2,3)10-16-14(15)6-8-21-16/h6,8,11,15,18H,4-5,7,9-10H2,1-3H3,(H,19,20). The molecule has 3 rings (SSSR count). The van der Waals surface area contributed by atoms with E-state index in [0.29, 0.717) is 11.5 Å². The Labute approximate surface area is 126 Å². The van der Waals surface area contributed by atoms with E-state index in [2.05, 4.69) is 42.4 Å². The Kier molecular flexibility index (Phi) is 3.89. The van der Waals surface area contributed by atoms with Crippen molar-refractivity contribution in [1.29, 1.82) is 0 Å². The van der Waals surface area contributed by atoms with Crippen molar-refractivity contribution in [2.45, 2.75) is 52.5 Å². The summed E-state index contributed by atoms with van der Waals surface area (Å²) in [4.78, 5) is 0. The van der Waals surface area contributed by atoms with Crippen molar-refractivity contribution >= 4 is 0 Å². The number of furan rings is 1. The molecular weight excluding hydrogens is 262 g/mol. The first-order valence-electron chi connectivity index (χ1n) is 7.84. The number of nitrogens with one attached hydrogen (secondary N) is 2. The SMILES string of the molecule is Cc1[nH]ncc1CCCNC1CC(C)(C)Cc2occc21. The monoisotopic (exact) mass is 287 g/mol. The zero-order valence-electron chi connectivity index (χ0n) is 13.2. The number of aromatic amines is 1. The topological polar surface area (TPSA) is 53.9 Å². The van der Waals surface area contributed by atoms with Crippen LogP contribution in [0.4, 0.5) is 0 Å². The fourth-order valence-corrected chi connectivity index (χ4v) is 3.34. The van der Waals surface area contributed by atoms with Crippen LogP contribution in [0.2, 0.25) is 0 Å². The summed E-state index contributed by atoms with van der Waals surface area (Å²) in [6, 6.07) is 2.55. The third-order valence-corrected chi connectivity index (χ3v) is 4.50. The number of aromatic nitrogens is 2. The van der Waals surface area contributed by atoms with E-state index in [9.17, 15) is 0 Å². The van der Waals surface area contributed by atoms with Crippen LogP contribution in [0.15, 0.2) is 22.9 Å². The summed E-state index contributed by atoms with van der Waals surface area (Å²) in [7, 11) is 0. The van der Waals surface area contributed by atoms with Gasteiger partial charge in [-0.2, -0.15) is 5.10 Å². The van der Waals surface area contributed by atoms with Gasteiger partial charge in [0.25, 0.3) is 0 Å². The first-order valence-corrected chi connectivity index (χ1v) is 7.84. The molecule has 0 saturated carbocycles. The summed E-state index contributed by atoms with van der Waals surface area (Å²) < 4.78 is 5.65. The molecule has 2 N–H and O–H groups in total. The maximum Gasteiger partial charge on any atom is 0.109 e. The van der Waals surface area contributed by atoms with Crippen LogP contribution in [0.3, 0.4) is 0 Å². The molecule has 4 heteroatoms. The second-order valence-electron chi connectivity index (χ2n) is 6.97. The number of aryl methyl sites for hydroxylation is 2. The molecule has 1 aliphatic rings. The third kappa shape index (κ3) is 3.21. The highest BCUT2D eigenvalue weighted by Crippen LogP contribution is 2.41. The van der Waals surface area contributed by atoms with Gasteiger partial charge in [0, 0.05) is 23.7 Å². The maximum atomic E-state index is 5.65. The van der Waals surface area contributed by atoms with Crippen molar-refractivity contribution in [2.24, 2.45) is 5.41 Å². The predicted molar refractivity (Wildman–Crippen MR) is 83.2 cm³/mol. The minimum atomic E-state index is 0.309. The Morgan fingerprint density at radius 1 is 1.48 bits per heavy atom. The summed E-state index contributed by atoms with van der Waals surface area (Å²) in [5.41, 5.74) is 4.17. The lowest BCUT2D eigenvalue weighted by molar-refractivity contribution is 0.235. The summed E-state index contributed by atoms with van der Waals surface area (Å²) in [6.45, 7) is 7.75. The normalized spacial score (nSPS) is 20.4. The third-order valence-electron chi connectivity index (χ3n) is 4.50. The molecule has 0 amide bonds. The van der Waals surface area contributed by atoms with Crippen molar-refractivity contribution < 1.29 is 4.42 Å². The van der Waals surface area contributed by atoms with Crippen molar-refractivity contribution in [3.8, 4) is 0 Å². The molecule has 0 spiro atoms. The Balaban J connectivity index is 1.55. The van der Waals surface area contributed by atoms with E-state index in [1.54, 1.807) is 0 Å². The first-order chi connectivity index (χ1) is 10.1. The van der Waals surface area contributed by atoms with Gasteiger partial charge in [-0.1, -0.05) is 13.8 Å². The van der Waals surface area contributed by atoms with Crippen LogP contribution >= 0.6 is 0 Å². The van der Waals surface area contributed by atoms with Crippen LogP contribution in [0.25, 0.3) is 0 Å². The van der Waals surface area contributed by atoms with Crippen LogP contribution in [0.1, 0.15) is 55.3 Å². The maximum absolute atomic E-state index is 5.65. The van der Waals surface area contributed by atoms with Crippen LogP contribution in [0.5, 0.6) is 0 Å². The molecule has 4 nitrogen and oxygen atoms in total. The van der Waals surface area contributed by atoms with Gasteiger partial charge >= 0.3 is 0 Å². The smallest absolute Gasteiger partial charge is 0.109 e. The quantitative estimate of drug-likeness (QED) is 0.827. The van der Waals surface area contributed by atoms with Gasteiger partial charge in [0.2, 0.25) is 0 Å². The van der Waals surface area contributed by atoms with Gasteiger partial charge in [-0.05, 0) is 49.8 Å². The molecule has 1 aliphatic carbocycles. The molecular formula is C17H25N3O. The van der Waals surface area contributed by atoms with Gasteiger partial charge in [-0.25, -0.2) is 0 Å². The van der Waals surface area contributed by atoms with Crippen LogP contribution in [0, 0.1) is 12.3 Å². The van der Waals surface area contributed by atoms with E-state index in [1.165, 1.54) is 23.2 Å². The van der Waals surface area contributed by atoms with E-state index < -0.39 is 0 Å². The largest absolute Gasteiger partial charge is 0.469 e. The van der Waals surface area contributed by atoms with Crippen molar-refractivity contribution in [3.05, 3.63) is 41.1 Å². The van der Waals surface area contributed by atoms with E-state index in [1.807, 2.05) is 12.5 Å². The van der Waals surface area contributed by atoms with Gasteiger partial charge in [0.1, 0.15) is 5.76 Å². The summed E-state index contributed by atoms with van der Waals surface area (Å²) >= 11 is 0. The highest BCUT2D eigenvalue weighted by molar-refractivity contribution is 5.26. The van der Waals surface area contributed by atoms with E-state index in [-0.39, 0.29) is 0 Å². The van der Waals surface area contributed by atoms with Gasteiger partial charge in [-0.3, -0.25) is 5.10 Å². The molecule has 1 atom stereocenters. The number of fused-ring (bicyclic) bond motifs is 1. The molecule has 0 fully saturated rings. The van der Waals surface area contributed by atoms with Crippen molar-refractivity contribution in [1.82, 2.24) is 15.5 Å². The van der Waals surface area contributed by atoms with E-state index in [4.69, 9.17) is 4.42 Å². The first kappa shape index (κ1) is 14.4. The minimum absolute atomic E-state index is 0.309. The molecule has 21 heavy (non-hydrogen) atoms. The highest BCUT2D eigenvalue weighted by atomic mass is 16.3. The fraction of sp³-hybridized carbons (Fsp3) is 0.588. The van der Waals surface area contributed by atoms with Gasteiger partial charge in [-0.15, -0.1) is 0 Å². The molecule has 114 valence electrons. The number of hydrogen-bond acceptors (Lipinski definition) is 3. The zero-order chi connectivity index (χ0) is 14.9. The number of nitrogens with zero attached hydrogens (tertiary/aromatic N) is 1. The van der Waals surface area contributed by atoms with Gasteiger partial charge in [0.05, 0.1) is 12.5 Å². The molecule has 0 aliphatic heterocycles. The second-order valence-corrected chi connectivity index (χ2v) is 6.97. The Hall–Kier alpha value is -1.55. The van der Waals surface area contributed by atoms with Crippen LogP contribution in [-0.4, -0.2) is 16.7 Å². The lowest BCUT2D eigenvalue weighted by Gasteiger charge is -2.35. The number of H-pyrrole nitrogens is 1. The van der Waals surface area contributed by atoms with E-state index in [0.717, 1.165) is 31.6 Å². The van der Waals surface area contributed by atoms with Crippen LogP contribution in [-0.2, 0) is 12.8 Å². The summed E-state index contributed by atoms with van der Waals surface area (Å²) in [5.74, 6) is 1.16. The molecule has 2 aromatic heterocycles. The van der Waals surface area contributed by atoms with Gasteiger partial charge in [0.15, 0.2) is 0 Å². The average Bonchev–Trinajstić information content (AvgIpc) is 3.02. The summed E-state index contributed by atoms with van der Waals surface area (Å²) in [5, 5.41) is 10.8. The molecule has 2 heterocycles. The van der Waals surface area contributed by atoms with Crippen molar-refractivity contribution in [3.63, 3.8) is 0 Å². The van der Waals surface area contributed by atoms with Crippen LogP contribution < -0.4 is 5.32 Å². The fourth-order valence-electron chi connectivity index (χ4n) is 3.34. The molecule has 0 saturated heterocycles. The molecule has 2 aromatic rings. The van der Waals surface area contributed by atoms with E-state index >= 15 is 0 Å². The second kappa shape index (κ2) is 5.68. The number of hydrogen-bond donors (Lipinski definition) is 2. The van der Waals surface area contributed by atoms with Gasteiger partial charge < -0.3 is 9.73 Å². The Morgan fingerprint density at radius 2 is 2.33 bits per heavy atom. The molecule has 1 unspecified atom stereocenters. The average molecular weight is 287 g/mol. The molecule has 0 bridgehead atoms. The Morgan fingerprint density at radius 3 is 3.10 bits per heavy atom. The summed E-state index contributed by atoms with van der Waals surface area (Å²) in [6.07, 6.45) is 8.18. The number of rotatable bonds is 5. The lowest BCUT2D eigenvalue weighted by atomic mass is 9.75.